The molecule has 4 fully saturated rings. The second-order valence-corrected chi connectivity index (χ2v) is 6.78. The van der Waals surface area contributed by atoms with Crippen molar-refractivity contribution >= 4 is 5.97 Å². The number of carboxylic acid groups (broad SMARTS) is 1. The Kier molecular flexibility index (Phi) is 2.81. The van der Waals surface area contributed by atoms with E-state index in [1.807, 2.05) is 0 Å². The van der Waals surface area contributed by atoms with E-state index in [2.05, 4.69) is 6.92 Å². The van der Waals surface area contributed by atoms with Gasteiger partial charge in [0, 0.05) is 11.0 Å². The van der Waals surface area contributed by atoms with Crippen molar-refractivity contribution in [2.45, 2.75) is 51.2 Å². The Morgan fingerprint density at radius 2 is 2.32 bits per heavy atom. The van der Waals surface area contributed by atoms with Gasteiger partial charge in [-0.3, -0.25) is 0 Å². The molecule has 0 unspecified atom stereocenters. The third kappa shape index (κ3) is 1.77. The van der Waals surface area contributed by atoms with Crippen LogP contribution in [0.15, 0.2) is 11.6 Å². The third-order valence-electron chi connectivity index (χ3n) is 5.79. The van der Waals surface area contributed by atoms with E-state index in [-0.39, 0.29) is 16.6 Å². The van der Waals surface area contributed by atoms with E-state index in [4.69, 9.17) is 9.84 Å². The third-order valence-corrected chi connectivity index (χ3v) is 5.79. The van der Waals surface area contributed by atoms with Gasteiger partial charge in [0.05, 0.1) is 18.3 Å². The molecule has 0 spiro atoms. The monoisotopic (exact) mass is 266 g/mol. The minimum Gasteiger partial charge on any atom is -0.478 e. The molecule has 1 aliphatic heterocycles. The Morgan fingerprint density at radius 1 is 1.58 bits per heavy atom. The quantitative estimate of drug-likeness (QED) is 0.763. The summed E-state index contributed by atoms with van der Waals surface area (Å²) in [7, 11) is 0. The number of aliphatic hydroxyl groups is 1. The number of rotatable bonds is 4. The second-order valence-electron chi connectivity index (χ2n) is 6.78. The van der Waals surface area contributed by atoms with Gasteiger partial charge < -0.3 is 14.9 Å². The maximum absolute atomic E-state index is 10.8. The van der Waals surface area contributed by atoms with Gasteiger partial charge >= 0.3 is 5.97 Å². The molecule has 0 amide bonds. The van der Waals surface area contributed by atoms with Crippen molar-refractivity contribution < 1.29 is 19.7 Å². The maximum atomic E-state index is 10.8. The molecule has 0 aromatic carbocycles. The number of hydrogen-bond acceptors (Lipinski definition) is 3. The van der Waals surface area contributed by atoms with Gasteiger partial charge in [0.2, 0.25) is 0 Å². The van der Waals surface area contributed by atoms with Gasteiger partial charge in [0.15, 0.2) is 0 Å². The molecule has 106 valence electrons. The van der Waals surface area contributed by atoms with E-state index in [0.29, 0.717) is 18.3 Å². The highest BCUT2D eigenvalue weighted by atomic mass is 16.5. The van der Waals surface area contributed by atoms with Crippen molar-refractivity contribution in [1.29, 1.82) is 0 Å². The smallest absolute Gasteiger partial charge is 0.331 e. The predicted octanol–water partition coefficient (Wildman–Crippen LogP) is 1.97. The molecule has 2 N–H and O–H groups in total. The average Bonchev–Trinajstić information content (AvgIpc) is 2.46. The summed E-state index contributed by atoms with van der Waals surface area (Å²) in [5, 5.41) is 19.0. The zero-order valence-electron chi connectivity index (χ0n) is 11.6. The van der Waals surface area contributed by atoms with Gasteiger partial charge in [0.25, 0.3) is 0 Å². The molecule has 4 heteroatoms. The largest absolute Gasteiger partial charge is 0.478 e. The number of aliphatic carboxylic acids is 1. The highest BCUT2D eigenvalue weighted by Crippen LogP contribution is 2.70. The van der Waals surface area contributed by atoms with E-state index < -0.39 is 12.1 Å². The molecule has 3 aliphatic carbocycles. The minimum atomic E-state index is -0.960. The van der Waals surface area contributed by atoms with Crippen LogP contribution < -0.4 is 0 Å². The number of aliphatic hydroxyl groups excluding tert-OH is 1. The molecule has 3 saturated carbocycles. The summed E-state index contributed by atoms with van der Waals surface area (Å²) >= 11 is 0. The highest BCUT2D eigenvalue weighted by Gasteiger charge is 2.69. The molecule has 4 rings (SSSR count). The van der Waals surface area contributed by atoms with Crippen LogP contribution in [-0.2, 0) is 9.53 Å². The zero-order chi connectivity index (χ0) is 13.8. The van der Waals surface area contributed by atoms with Crippen molar-refractivity contribution in [3.05, 3.63) is 11.6 Å². The predicted molar refractivity (Wildman–Crippen MR) is 69.6 cm³/mol. The molecule has 5 atom stereocenters. The van der Waals surface area contributed by atoms with Crippen LogP contribution in [0.3, 0.4) is 0 Å². The fourth-order valence-electron chi connectivity index (χ4n) is 4.64. The average molecular weight is 266 g/mol. The number of carbonyl (C=O) groups is 1. The van der Waals surface area contributed by atoms with Crippen molar-refractivity contribution in [3.8, 4) is 0 Å². The summed E-state index contributed by atoms with van der Waals surface area (Å²) in [5.41, 5.74) is 0.317. The number of ether oxygens (including phenoxy) is 1. The summed E-state index contributed by atoms with van der Waals surface area (Å²) < 4.78 is 6.03. The first-order valence-electron chi connectivity index (χ1n) is 7.11. The normalized spacial score (nSPS) is 45.7. The number of carboxylic acids is 1. The molecule has 1 saturated heterocycles. The fraction of sp³-hybridized carbons (Fsp3) is 0.800. The molecular weight excluding hydrogens is 244 g/mol. The lowest BCUT2D eigenvalue weighted by molar-refractivity contribution is -0.133. The van der Waals surface area contributed by atoms with Crippen LogP contribution in [0.1, 0.15) is 39.5 Å². The van der Waals surface area contributed by atoms with Crippen molar-refractivity contribution in [1.82, 2.24) is 0 Å². The first-order valence-corrected chi connectivity index (χ1v) is 7.11. The van der Waals surface area contributed by atoms with Crippen LogP contribution in [0.25, 0.3) is 0 Å². The Labute approximate surface area is 113 Å². The Morgan fingerprint density at radius 3 is 2.95 bits per heavy atom. The van der Waals surface area contributed by atoms with Gasteiger partial charge in [-0.25, -0.2) is 4.79 Å². The van der Waals surface area contributed by atoms with Crippen LogP contribution in [0.5, 0.6) is 0 Å². The van der Waals surface area contributed by atoms with Crippen LogP contribution in [0.4, 0.5) is 0 Å². The maximum Gasteiger partial charge on any atom is 0.331 e. The van der Waals surface area contributed by atoms with Crippen molar-refractivity contribution in [2.75, 3.05) is 6.61 Å². The van der Waals surface area contributed by atoms with Crippen molar-refractivity contribution in [2.24, 2.45) is 17.3 Å². The van der Waals surface area contributed by atoms with Crippen LogP contribution in [0.2, 0.25) is 0 Å². The van der Waals surface area contributed by atoms with Gasteiger partial charge in [-0.05, 0) is 57.4 Å². The highest BCUT2D eigenvalue weighted by molar-refractivity contribution is 5.85. The Bertz CT molecular complexity index is 441. The van der Waals surface area contributed by atoms with E-state index in [9.17, 15) is 9.90 Å². The lowest BCUT2D eigenvalue weighted by Crippen LogP contribution is -2.58. The van der Waals surface area contributed by atoms with Gasteiger partial charge in [-0.15, -0.1) is 0 Å². The molecule has 0 radical (unpaired) electrons. The lowest BCUT2D eigenvalue weighted by Gasteiger charge is -2.59. The molecule has 4 bridgehead atoms. The summed E-state index contributed by atoms with van der Waals surface area (Å²) in [4.78, 5) is 10.8. The molecule has 1 heterocycles. The van der Waals surface area contributed by atoms with E-state index in [0.717, 1.165) is 13.0 Å². The van der Waals surface area contributed by atoms with Crippen LogP contribution >= 0.6 is 0 Å². The first-order chi connectivity index (χ1) is 8.87. The minimum absolute atomic E-state index is 0.0000267. The summed E-state index contributed by atoms with van der Waals surface area (Å²) in [6.07, 6.45) is 4.96. The second kappa shape index (κ2) is 4.06. The Balaban J connectivity index is 1.74. The summed E-state index contributed by atoms with van der Waals surface area (Å²) in [6, 6.07) is 0. The zero-order valence-corrected chi connectivity index (χ0v) is 11.6. The van der Waals surface area contributed by atoms with Gasteiger partial charge in [0.1, 0.15) is 0 Å². The van der Waals surface area contributed by atoms with Crippen LogP contribution in [-0.4, -0.2) is 34.5 Å². The molecule has 4 aliphatic rings. The molecule has 0 aromatic heterocycles. The van der Waals surface area contributed by atoms with Gasteiger partial charge in [-0.1, -0.05) is 0 Å². The number of hydrogen-bond donors (Lipinski definition) is 2. The van der Waals surface area contributed by atoms with Crippen molar-refractivity contribution in [3.63, 3.8) is 0 Å². The van der Waals surface area contributed by atoms with E-state index in [1.54, 1.807) is 0 Å². The molecule has 4 nitrogen and oxygen atoms in total. The summed E-state index contributed by atoms with van der Waals surface area (Å²) in [5.74, 6) is 0.242. The SMILES string of the molecule is C/C(=C\[C@@H](O)C[C@]12CO[C@]3(C)CC[C@H]1C[C@H]23)C(=O)O. The van der Waals surface area contributed by atoms with Gasteiger partial charge in [-0.2, -0.15) is 0 Å². The molecular formula is C15H22O4. The van der Waals surface area contributed by atoms with E-state index >= 15 is 0 Å². The number of fused-ring (bicyclic) bond motifs is 1. The van der Waals surface area contributed by atoms with E-state index in [1.165, 1.54) is 25.8 Å². The van der Waals surface area contributed by atoms with Crippen LogP contribution in [0, 0.1) is 17.3 Å². The topological polar surface area (TPSA) is 66.8 Å². The standard InChI is InChI=1S/C15H22O4/c1-9(13(17)18)5-11(16)7-15-8-19-14(2)4-3-10(15)6-12(14)15/h5,10-12,16H,3-4,6-8H2,1-2H3,(H,17,18)/b9-5+/t10-,11+,12-,14+,15-/m0/s1. The lowest BCUT2D eigenvalue weighted by atomic mass is 9.43. The molecule has 19 heavy (non-hydrogen) atoms. The first kappa shape index (κ1) is 13.1. The Hall–Kier alpha value is -0.870. The molecule has 0 aromatic rings. The summed E-state index contributed by atoms with van der Waals surface area (Å²) in [6.45, 7) is 4.45. The fourth-order valence-corrected chi connectivity index (χ4v) is 4.64.